The van der Waals surface area contributed by atoms with E-state index >= 15 is 0 Å². The Hall–Kier alpha value is -0.910. The van der Waals surface area contributed by atoms with Gasteiger partial charge in [-0.25, -0.2) is 9.59 Å². The van der Waals surface area contributed by atoms with E-state index in [-0.39, 0.29) is 12.0 Å². The molecular weight excluding hydrogens is 252 g/mol. The summed E-state index contributed by atoms with van der Waals surface area (Å²) in [5.74, 6) is 1.05. The number of hydrogen-bond donors (Lipinski definition) is 3. The van der Waals surface area contributed by atoms with Gasteiger partial charge in [0.15, 0.2) is 0 Å². The van der Waals surface area contributed by atoms with Crippen LogP contribution in [0.4, 0.5) is 4.79 Å². The van der Waals surface area contributed by atoms with Crippen LogP contribution in [0.2, 0.25) is 0 Å². The van der Waals surface area contributed by atoms with Gasteiger partial charge in [0.25, 0.3) is 0 Å². The number of nitrogens with one attached hydrogen (secondary N) is 2. The molecule has 106 valence electrons. The molecule has 1 unspecified atom stereocenters. The van der Waals surface area contributed by atoms with E-state index in [0.717, 1.165) is 11.5 Å². The Kier molecular flexibility index (Phi) is 8.62. The minimum Gasteiger partial charge on any atom is -0.480 e. The van der Waals surface area contributed by atoms with Gasteiger partial charge in [-0.2, -0.15) is 11.8 Å². The Labute approximate surface area is 113 Å². The number of rotatable bonds is 8. The molecule has 0 rings (SSSR count). The molecule has 3 N–H and O–H groups in total. The molecule has 0 heterocycles. The summed E-state index contributed by atoms with van der Waals surface area (Å²) in [6.07, 6.45) is 0.431. The molecule has 0 aliphatic heterocycles. The highest BCUT2D eigenvalue weighted by Crippen LogP contribution is 2.05. The molecule has 5 nitrogen and oxygen atoms in total. The molecular formula is C12H24N2O3S. The van der Waals surface area contributed by atoms with E-state index in [1.54, 1.807) is 11.8 Å². The summed E-state index contributed by atoms with van der Waals surface area (Å²) in [6, 6.07) is -1.20. The second-order valence-electron chi connectivity index (χ2n) is 4.70. The Bertz CT molecular complexity index is 272. The number of amides is 2. The third-order valence-corrected chi connectivity index (χ3v) is 3.40. The van der Waals surface area contributed by atoms with Crippen molar-refractivity contribution in [2.24, 2.45) is 5.92 Å². The molecule has 2 amide bonds. The second-order valence-corrected chi connectivity index (χ2v) is 6.02. The van der Waals surface area contributed by atoms with Gasteiger partial charge in [-0.05, 0) is 25.0 Å². The van der Waals surface area contributed by atoms with Crippen LogP contribution in [0, 0.1) is 5.92 Å². The van der Waals surface area contributed by atoms with Crippen molar-refractivity contribution in [2.75, 3.05) is 11.5 Å². The minimum absolute atomic E-state index is 0.0310. The van der Waals surface area contributed by atoms with E-state index in [1.807, 2.05) is 20.8 Å². The lowest BCUT2D eigenvalue weighted by Crippen LogP contribution is -2.49. The number of carbonyl (C=O) groups is 2. The monoisotopic (exact) mass is 276 g/mol. The average Bonchev–Trinajstić information content (AvgIpc) is 2.24. The highest BCUT2D eigenvalue weighted by Gasteiger charge is 2.21. The largest absolute Gasteiger partial charge is 0.480 e. The number of thioether (sulfide) groups is 1. The molecule has 0 aromatic heterocycles. The Balaban J connectivity index is 4.13. The van der Waals surface area contributed by atoms with Crippen LogP contribution in [-0.4, -0.2) is 40.7 Å². The second kappa shape index (κ2) is 9.08. The van der Waals surface area contributed by atoms with Crippen LogP contribution in [0.5, 0.6) is 0 Å². The first-order valence-corrected chi connectivity index (χ1v) is 7.39. The number of urea groups is 1. The normalized spacial score (nSPS) is 14.1. The van der Waals surface area contributed by atoms with E-state index in [2.05, 4.69) is 17.6 Å². The average molecular weight is 276 g/mol. The Morgan fingerprint density at radius 2 is 1.83 bits per heavy atom. The zero-order valence-electron chi connectivity index (χ0n) is 11.5. The maximum Gasteiger partial charge on any atom is 0.326 e. The minimum atomic E-state index is -0.991. The summed E-state index contributed by atoms with van der Waals surface area (Å²) in [5, 5.41) is 14.2. The van der Waals surface area contributed by atoms with Crippen LogP contribution >= 0.6 is 11.8 Å². The summed E-state index contributed by atoms with van der Waals surface area (Å²) in [5.41, 5.74) is 0. The Morgan fingerprint density at radius 1 is 1.22 bits per heavy atom. The van der Waals surface area contributed by atoms with Crippen LogP contribution in [0.1, 0.15) is 34.1 Å². The van der Waals surface area contributed by atoms with Gasteiger partial charge < -0.3 is 15.7 Å². The van der Waals surface area contributed by atoms with Crippen LogP contribution < -0.4 is 10.6 Å². The lowest BCUT2D eigenvalue weighted by Gasteiger charge is -2.19. The molecule has 0 aliphatic rings. The van der Waals surface area contributed by atoms with Gasteiger partial charge in [0.1, 0.15) is 6.04 Å². The van der Waals surface area contributed by atoms with Crippen molar-refractivity contribution >= 4 is 23.8 Å². The van der Waals surface area contributed by atoms with Crippen molar-refractivity contribution in [2.45, 2.75) is 46.2 Å². The van der Waals surface area contributed by atoms with E-state index in [0.29, 0.717) is 6.42 Å². The summed E-state index contributed by atoms with van der Waals surface area (Å²) < 4.78 is 0. The molecule has 0 saturated heterocycles. The third kappa shape index (κ3) is 8.22. The smallest absolute Gasteiger partial charge is 0.326 e. The zero-order chi connectivity index (χ0) is 14.1. The fourth-order valence-corrected chi connectivity index (χ4v) is 2.13. The maximum atomic E-state index is 11.6. The molecule has 2 atom stereocenters. The summed E-state index contributed by atoms with van der Waals surface area (Å²) >= 11 is 1.74. The lowest BCUT2D eigenvalue weighted by atomic mass is 10.0. The first-order valence-electron chi connectivity index (χ1n) is 6.24. The van der Waals surface area contributed by atoms with E-state index in [9.17, 15) is 9.59 Å². The molecule has 0 aromatic carbocycles. The molecule has 0 aliphatic carbocycles. The van der Waals surface area contributed by atoms with Crippen LogP contribution in [0.15, 0.2) is 0 Å². The number of aliphatic carboxylic acids is 1. The van der Waals surface area contributed by atoms with Gasteiger partial charge in [-0.15, -0.1) is 0 Å². The lowest BCUT2D eigenvalue weighted by molar-refractivity contribution is -0.139. The predicted molar refractivity (Wildman–Crippen MR) is 75.0 cm³/mol. The molecule has 0 fully saturated rings. The van der Waals surface area contributed by atoms with E-state index in [4.69, 9.17) is 5.11 Å². The first-order chi connectivity index (χ1) is 8.36. The molecule has 0 spiro atoms. The number of carboxylic acid groups (broad SMARTS) is 1. The van der Waals surface area contributed by atoms with Gasteiger partial charge >= 0.3 is 12.0 Å². The van der Waals surface area contributed by atoms with Crippen molar-refractivity contribution in [3.63, 3.8) is 0 Å². The highest BCUT2D eigenvalue weighted by atomic mass is 32.2. The van der Waals surface area contributed by atoms with E-state index < -0.39 is 18.0 Å². The van der Waals surface area contributed by atoms with Crippen molar-refractivity contribution in [3.05, 3.63) is 0 Å². The maximum absolute atomic E-state index is 11.6. The van der Waals surface area contributed by atoms with Crippen molar-refractivity contribution < 1.29 is 14.7 Å². The summed E-state index contributed by atoms with van der Waals surface area (Å²) in [7, 11) is 0. The topological polar surface area (TPSA) is 78.4 Å². The molecule has 18 heavy (non-hydrogen) atoms. The molecule has 0 saturated carbocycles. The van der Waals surface area contributed by atoms with Gasteiger partial charge in [-0.1, -0.05) is 20.8 Å². The summed E-state index contributed by atoms with van der Waals surface area (Å²) in [6.45, 7) is 7.81. The number of carboxylic acids is 1. The van der Waals surface area contributed by atoms with Crippen LogP contribution in [0.25, 0.3) is 0 Å². The third-order valence-electron chi connectivity index (χ3n) is 2.26. The van der Waals surface area contributed by atoms with Crippen LogP contribution in [0.3, 0.4) is 0 Å². The molecule has 0 aromatic rings. The first kappa shape index (κ1) is 17.1. The molecule has 0 bridgehead atoms. The van der Waals surface area contributed by atoms with Gasteiger partial charge in [0.05, 0.1) is 0 Å². The quantitative estimate of drug-likeness (QED) is 0.633. The van der Waals surface area contributed by atoms with Gasteiger partial charge in [0, 0.05) is 11.8 Å². The molecule has 0 radical (unpaired) electrons. The SMILES string of the molecule is CCSCC(C)NC(=O)N[C@@H](CC(C)C)C(=O)O. The Morgan fingerprint density at radius 3 is 2.28 bits per heavy atom. The number of carbonyl (C=O) groups excluding carboxylic acids is 1. The fourth-order valence-electron chi connectivity index (χ4n) is 1.45. The standard InChI is InChI=1S/C12H24N2O3S/c1-5-18-7-9(4)13-12(17)14-10(11(15)16)6-8(2)3/h8-10H,5-7H2,1-4H3,(H,15,16)(H2,13,14,17)/t9?,10-/m0/s1. The summed E-state index contributed by atoms with van der Waals surface area (Å²) in [4.78, 5) is 22.6. The van der Waals surface area contributed by atoms with Gasteiger partial charge in [0.2, 0.25) is 0 Å². The van der Waals surface area contributed by atoms with Gasteiger partial charge in [-0.3, -0.25) is 0 Å². The molecule has 6 heteroatoms. The van der Waals surface area contributed by atoms with E-state index in [1.165, 1.54) is 0 Å². The predicted octanol–water partition coefficient (Wildman–Crippen LogP) is 1.93. The fraction of sp³-hybridized carbons (Fsp3) is 0.833. The van der Waals surface area contributed by atoms with Crippen LogP contribution in [-0.2, 0) is 4.79 Å². The zero-order valence-corrected chi connectivity index (χ0v) is 12.3. The van der Waals surface area contributed by atoms with Crippen molar-refractivity contribution in [1.82, 2.24) is 10.6 Å². The highest BCUT2D eigenvalue weighted by molar-refractivity contribution is 7.99. The van der Waals surface area contributed by atoms with Crippen molar-refractivity contribution in [3.8, 4) is 0 Å². The van der Waals surface area contributed by atoms with Crippen molar-refractivity contribution in [1.29, 1.82) is 0 Å². The number of hydrogen-bond acceptors (Lipinski definition) is 3.